The molecule has 0 aliphatic carbocycles. The number of ether oxygens (including phenoxy) is 1. The van der Waals surface area contributed by atoms with Crippen molar-refractivity contribution in [2.45, 2.75) is 32.5 Å². The molecule has 0 spiro atoms. The second-order valence-corrected chi connectivity index (χ2v) is 11.0. The zero-order valence-corrected chi connectivity index (χ0v) is 24.2. The van der Waals surface area contributed by atoms with Gasteiger partial charge in [0.05, 0.1) is 5.69 Å². The van der Waals surface area contributed by atoms with Gasteiger partial charge < -0.3 is 9.64 Å². The summed E-state index contributed by atoms with van der Waals surface area (Å²) in [6.45, 7) is 3.94. The van der Waals surface area contributed by atoms with Crippen molar-refractivity contribution in [2.24, 2.45) is 5.10 Å². The van der Waals surface area contributed by atoms with Gasteiger partial charge in [0.15, 0.2) is 17.8 Å². The summed E-state index contributed by atoms with van der Waals surface area (Å²) in [5.74, 6) is 0.821. The Bertz CT molecular complexity index is 1570. The van der Waals surface area contributed by atoms with Gasteiger partial charge in [-0.2, -0.15) is 0 Å². The van der Waals surface area contributed by atoms with Crippen molar-refractivity contribution in [1.29, 1.82) is 0 Å². The third-order valence-electron chi connectivity index (χ3n) is 7.43. The molecular formula is C33H30Cl2N4O2. The number of carbonyl (C=O) groups excluding carboxylic acids is 1. The Labute approximate surface area is 250 Å². The highest BCUT2D eigenvalue weighted by atomic mass is 35.5. The minimum absolute atomic E-state index is 0.141. The predicted octanol–water partition coefficient (Wildman–Crippen LogP) is 8.10. The van der Waals surface area contributed by atoms with Crippen LogP contribution < -0.4 is 19.5 Å². The zero-order chi connectivity index (χ0) is 28.3. The van der Waals surface area contributed by atoms with E-state index in [2.05, 4.69) is 29.2 Å². The maximum Gasteiger partial charge on any atom is 0.198 e. The third-order valence-corrected chi connectivity index (χ3v) is 8.04. The number of hydrogen-bond donors (Lipinski definition) is 0. The van der Waals surface area contributed by atoms with Gasteiger partial charge in [0.2, 0.25) is 0 Å². The van der Waals surface area contributed by atoms with Gasteiger partial charge in [-0.15, -0.1) is 5.10 Å². The number of carbonyl (C=O) groups is 1. The van der Waals surface area contributed by atoms with Gasteiger partial charge in [-0.3, -0.25) is 9.69 Å². The molecule has 4 aromatic rings. The standard InChI is InChI=1S/C33H30Cl2N4O2/c1-23(40)32-36-39(28-10-3-2-4-11-28)33(38(32)27-16-14-26(15-17-27)37-19-7-8-20-37)29-21-25(34)13-18-31(29)41-22-24-9-5-6-12-30(24)35/h2-6,9-18,21,33H,7-8,19-20,22H2,1H3/t33-/m1/s1. The van der Waals surface area contributed by atoms with Crippen LogP contribution in [0.25, 0.3) is 0 Å². The van der Waals surface area contributed by atoms with Gasteiger partial charge in [0.25, 0.3) is 0 Å². The molecule has 4 aromatic carbocycles. The monoisotopic (exact) mass is 584 g/mol. The molecule has 208 valence electrons. The first-order chi connectivity index (χ1) is 20.0. The number of nitrogens with zero attached hydrogens (tertiary/aromatic N) is 4. The SMILES string of the molecule is CC(=O)C1=NN(c2ccccc2)[C@H](c2cc(Cl)ccc2OCc2ccccc2Cl)N1c1ccc(N2CCCC2)cc1. The fourth-order valence-corrected chi connectivity index (χ4v) is 5.78. The summed E-state index contributed by atoms with van der Waals surface area (Å²) >= 11 is 13.0. The fourth-order valence-electron chi connectivity index (χ4n) is 5.41. The summed E-state index contributed by atoms with van der Waals surface area (Å²) in [5.41, 5.74) is 4.51. The van der Waals surface area contributed by atoms with Crippen LogP contribution in [0.15, 0.2) is 102 Å². The summed E-state index contributed by atoms with van der Waals surface area (Å²) in [4.78, 5) is 17.4. The lowest BCUT2D eigenvalue weighted by Crippen LogP contribution is -2.38. The molecule has 6 rings (SSSR count). The van der Waals surface area contributed by atoms with Crippen LogP contribution in [0.4, 0.5) is 17.1 Å². The molecule has 2 aliphatic rings. The lowest BCUT2D eigenvalue weighted by molar-refractivity contribution is -0.111. The minimum Gasteiger partial charge on any atom is -0.488 e. The third kappa shape index (κ3) is 5.63. The lowest BCUT2D eigenvalue weighted by Gasteiger charge is -2.33. The Hall–Kier alpha value is -4.00. The summed E-state index contributed by atoms with van der Waals surface area (Å²) in [5, 5.41) is 7.92. The maximum absolute atomic E-state index is 13.1. The van der Waals surface area contributed by atoms with Gasteiger partial charge in [0, 0.05) is 52.6 Å². The molecule has 0 radical (unpaired) electrons. The highest BCUT2D eigenvalue weighted by molar-refractivity contribution is 6.44. The van der Waals surface area contributed by atoms with E-state index in [-0.39, 0.29) is 12.4 Å². The number of rotatable bonds is 8. The Morgan fingerprint density at radius 1 is 0.854 bits per heavy atom. The minimum atomic E-state index is -0.533. The van der Waals surface area contributed by atoms with E-state index in [0.29, 0.717) is 21.6 Å². The number of hydrazone groups is 1. The smallest absolute Gasteiger partial charge is 0.198 e. The molecule has 1 saturated heterocycles. The van der Waals surface area contributed by atoms with Crippen LogP contribution in [0.3, 0.4) is 0 Å². The molecule has 0 N–H and O–H groups in total. The molecule has 0 amide bonds. The molecule has 1 fully saturated rings. The number of hydrogen-bond acceptors (Lipinski definition) is 6. The Morgan fingerprint density at radius 3 is 2.24 bits per heavy atom. The van der Waals surface area contributed by atoms with Gasteiger partial charge in [-0.1, -0.05) is 59.6 Å². The summed E-state index contributed by atoms with van der Waals surface area (Å²) in [7, 11) is 0. The second-order valence-electron chi connectivity index (χ2n) is 10.2. The van der Waals surface area contributed by atoms with Crippen LogP contribution in [-0.4, -0.2) is 24.7 Å². The van der Waals surface area contributed by atoms with Crippen LogP contribution in [0, 0.1) is 0 Å². The van der Waals surface area contributed by atoms with Crippen LogP contribution in [-0.2, 0) is 11.4 Å². The predicted molar refractivity (Wildman–Crippen MR) is 167 cm³/mol. The Balaban J connectivity index is 1.45. The largest absolute Gasteiger partial charge is 0.488 e. The highest BCUT2D eigenvalue weighted by Gasteiger charge is 2.41. The van der Waals surface area contributed by atoms with E-state index in [1.807, 2.05) is 76.6 Å². The fraction of sp³-hybridized carbons (Fsp3) is 0.212. The average molecular weight is 586 g/mol. The van der Waals surface area contributed by atoms with Crippen molar-refractivity contribution in [1.82, 2.24) is 0 Å². The molecule has 0 bridgehead atoms. The zero-order valence-electron chi connectivity index (χ0n) is 22.7. The normalized spacial score (nSPS) is 16.7. The molecule has 0 aromatic heterocycles. The van der Waals surface area contributed by atoms with Gasteiger partial charge in [0.1, 0.15) is 12.4 Å². The van der Waals surface area contributed by atoms with E-state index >= 15 is 0 Å². The molecule has 1 atom stereocenters. The number of para-hydroxylation sites is 1. The number of halogens is 2. The number of anilines is 3. The number of benzene rings is 4. The quantitative estimate of drug-likeness (QED) is 0.209. The van der Waals surface area contributed by atoms with Gasteiger partial charge >= 0.3 is 0 Å². The van der Waals surface area contributed by atoms with Crippen molar-refractivity contribution < 1.29 is 9.53 Å². The average Bonchev–Trinajstić information content (AvgIpc) is 3.67. The van der Waals surface area contributed by atoms with Crippen LogP contribution in [0.1, 0.15) is 37.1 Å². The summed E-state index contributed by atoms with van der Waals surface area (Å²) < 4.78 is 6.38. The van der Waals surface area contributed by atoms with E-state index in [0.717, 1.165) is 35.6 Å². The van der Waals surface area contributed by atoms with Crippen molar-refractivity contribution >= 4 is 51.9 Å². The highest BCUT2D eigenvalue weighted by Crippen LogP contribution is 2.43. The van der Waals surface area contributed by atoms with Gasteiger partial charge in [-0.05, 0) is 73.5 Å². The van der Waals surface area contributed by atoms with Crippen molar-refractivity contribution in [2.75, 3.05) is 27.9 Å². The molecule has 41 heavy (non-hydrogen) atoms. The summed E-state index contributed by atoms with van der Waals surface area (Å²) in [6.07, 6.45) is 1.87. The van der Waals surface area contributed by atoms with Crippen molar-refractivity contribution in [3.63, 3.8) is 0 Å². The van der Waals surface area contributed by atoms with Crippen LogP contribution in [0.2, 0.25) is 10.0 Å². The lowest BCUT2D eigenvalue weighted by atomic mass is 10.1. The van der Waals surface area contributed by atoms with Crippen LogP contribution in [0.5, 0.6) is 5.75 Å². The van der Waals surface area contributed by atoms with E-state index in [1.54, 1.807) is 13.0 Å². The Kier molecular flexibility index (Phi) is 7.86. The number of amidine groups is 1. The van der Waals surface area contributed by atoms with E-state index in [9.17, 15) is 4.79 Å². The van der Waals surface area contributed by atoms with Crippen LogP contribution >= 0.6 is 23.2 Å². The molecule has 8 heteroatoms. The molecule has 6 nitrogen and oxygen atoms in total. The first kappa shape index (κ1) is 27.2. The van der Waals surface area contributed by atoms with Crippen molar-refractivity contribution in [3.05, 3.63) is 118 Å². The molecule has 2 heterocycles. The number of ketones is 1. The Morgan fingerprint density at radius 2 is 1.54 bits per heavy atom. The van der Waals surface area contributed by atoms with E-state index in [1.165, 1.54) is 18.5 Å². The van der Waals surface area contributed by atoms with Crippen molar-refractivity contribution in [3.8, 4) is 5.75 Å². The topological polar surface area (TPSA) is 48.4 Å². The molecule has 0 saturated carbocycles. The van der Waals surface area contributed by atoms with Gasteiger partial charge in [-0.25, -0.2) is 5.01 Å². The van der Waals surface area contributed by atoms with E-state index in [4.69, 9.17) is 33.0 Å². The van der Waals surface area contributed by atoms with E-state index < -0.39 is 6.17 Å². The maximum atomic E-state index is 13.1. The second kappa shape index (κ2) is 11.9. The molecule has 0 unspecified atom stereocenters. The first-order valence-corrected chi connectivity index (χ1v) is 14.5. The number of Topliss-reactive ketones (excluding diaryl/α,β-unsaturated/α-hetero) is 1. The molecular weight excluding hydrogens is 555 g/mol. The first-order valence-electron chi connectivity index (χ1n) is 13.7. The summed E-state index contributed by atoms with van der Waals surface area (Å²) in [6, 6.07) is 31.3. The molecule has 2 aliphatic heterocycles.